The number of methoxy groups -OCH3 is 1. The SMILES string of the molecule is COc1cccc(CNc2ccc3c(c2)OCCO3)c1OCc1c(Cl)cccc1Cl. The van der Waals surface area contributed by atoms with Crippen molar-refractivity contribution in [3.63, 3.8) is 0 Å². The van der Waals surface area contributed by atoms with E-state index in [1.54, 1.807) is 25.3 Å². The molecule has 0 radical (unpaired) electrons. The third-order valence-corrected chi connectivity index (χ3v) is 5.44. The molecule has 0 unspecified atom stereocenters. The van der Waals surface area contributed by atoms with Crippen LogP contribution in [0.25, 0.3) is 0 Å². The van der Waals surface area contributed by atoms with Gasteiger partial charge in [-0.15, -0.1) is 0 Å². The fourth-order valence-corrected chi connectivity index (χ4v) is 3.70. The summed E-state index contributed by atoms with van der Waals surface area (Å²) in [6.07, 6.45) is 0. The Morgan fingerprint density at radius 3 is 2.43 bits per heavy atom. The van der Waals surface area contributed by atoms with Gasteiger partial charge in [-0.25, -0.2) is 0 Å². The summed E-state index contributed by atoms with van der Waals surface area (Å²) >= 11 is 12.6. The Hall–Kier alpha value is -2.76. The van der Waals surface area contributed by atoms with Gasteiger partial charge in [0, 0.05) is 39.5 Å². The molecular formula is C23H21Cl2NO4. The van der Waals surface area contributed by atoms with Crippen LogP contribution in [0.4, 0.5) is 5.69 Å². The third kappa shape index (κ3) is 4.53. The molecule has 0 atom stereocenters. The van der Waals surface area contributed by atoms with Gasteiger partial charge in [-0.3, -0.25) is 0 Å². The summed E-state index contributed by atoms with van der Waals surface area (Å²) in [5.41, 5.74) is 2.59. The number of hydrogen-bond acceptors (Lipinski definition) is 5. The molecule has 1 N–H and O–H groups in total. The predicted octanol–water partition coefficient (Wildman–Crippen LogP) is 5.96. The van der Waals surface area contributed by atoms with Gasteiger partial charge >= 0.3 is 0 Å². The van der Waals surface area contributed by atoms with Crippen molar-refractivity contribution in [2.75, 3.05) is 25.6 Å². The first-order chi connectivity index (χ1) is 14.7. The molecule has 3 aromatic rings. The van der Waals surface area contributed by atoms with Crippen LogP contribution in [0, 0.1) is 0 Å². The standard InChI is InChI=1S/C23H21Cl2NO4/c1-27-21-7-2-4-15(23(21)30-14-17-18(24)5-3-6-19(17)25)13-26-16-8-9-20-22(12-16)29-11-10-28-20/h2-9,12,26H,10-11,13-14H2,1H3. The second-order valence-corrected chi connectivity index (χ2v) is 7.46. The van der Waals surface area contributed by atoms with Crippen LogP contribution in [0.2, 0.25) is 10.0 Å². The first kappa shape index (κ1) is 20.5. The molecule has 0 aromatic heterocycles. The molecule has 0 amide bonds. The average molecular weight is 446 g/mol. The first-order valence-corrected chi connectivity index (χ1v) is 10.3. The lowest BCUT2D eigenvalue weighted by Crippen LogP contribution is -2.15. The number of rotatable bonds is 7. The summed E-state index contributed by atoms with van der Waals surface area (Å²) < 4.78 is 22.8. The molecule has 1 aliphatic heterocycles. The summed E-state index contributed by atoms with van der Waals surface area (Å²) in [7, 11) is 1.61. The number of anilines is 1. The van der Waals surface area contributed by atoms with Gasteiger partial charge in [0.2, 0.25) is 0 Å². The molecule has 1 heterocycles. The van der Waals surface area contributed by atoms with Crippen molar-refractivity contribution in [3.8, 4) is 23.0 Å². The van der Waals surface area contributed by atoms with Crippen LogP contribution in [0.15, 0.2) is 54.6 Å². The largest absolute Gasteiger partial charge is 0.493 e. The van der Waals surface area contributed by atoms with Crippen LogP contribution >= 0.6 is 23.2 Å². The highest BCUT2D eigenvalue weighted by Gasteiger charge is 2.15. The van der Waals surface area contributed by atoms with Gasteiger partial charge in [0.15, 0.2) is 23.0 Å². The molecule has 0 aliphatic carbocycles. The lowest BCUT2D eigenvalue weighted by atomic mass is 10.1. The summed E-state index contributed by atoms with van der Waals surface area (Å²) in [6.45, 7) is 1.88. The number of halogens is 2. The van der Waals surface area contributed by atoms with Crippen molar-refractivity contribution in [1.82, 2.24) is 0 Å². The van der Waals surface area contributed by atoms with Crippen LogP contribution in [-0.2, 0) is 13.2 Å². The molecule has 5 nitrogen and oxygen atoms in total. The fraction of sp³-hybridized carbons (Fsp3) is 0.217. The maximum Gasteiger partial charge on any atom is 0.166 e. The molecule has 156 valence electrons. The molecule has 7 heteroatoms. The zero-order valence-corrected chi connectivity index (χ0v) is 17.9. The van der Waals surface area contributed by atoms with Gasteiger partial charge in [-0.2, -0.15) is 0 Å². The Labute approximate surface area is 185 Å². The molecule has 0 bridgehead atoms. The van der Waals surface area contributed by atoms with Crippen LogP contribution < -0.4 is 24.3 Å². The normalized spacial score (nSPS) is 12.4. The smallest absolute Gasteiger partial charge is 0.166 e. The zero-order chi connectivity index (χ0) is 20.9. The molecule has 0 spiro atoms. The Morgan fingerprint density at radius 1 is 0.933 bits per heavy atom. The highest BCUT2D eigenvalue weighted by Crippen LogP contribution is 2.36. The lowest BCUT2D eigenvalue weighted by molar-refractivity contribution is 0.171. The van der Waals surface area contributed by atoms with E-state index in [0.717, 1.165) is 28.3 Å². The Morgan fingerprint density at radius 2 is 1.67 bits per heavy atom. The Bertz CT molecular complexity index is 1020. The second kappa shape index (κ2) is 9.37. The minimum absolute atomic E-state index is 0.232. The van der Waals surface area contributed by atoms with E-state index in [1.807, 2.05) is 36.4 Å². The maximum absolute atomic E-state index is 6.28. The number of fused-ring (bicyclic) bond motifs is 1. The fourth-order valence-electron chi connectivity index (χ4n) is 3.19. The van der Waals surface area contributed by atoms with Crippen LogP contribution in [0.5, 0.6) is 23.0 Å². The summed E-state index contributed by atoms with van der Waals surface area (Å²) in [5, 5.41) is 4.53. The van der Waals surface area contributed by atoms with Crippen LogP contribution in [0.3, 0.4) is 0 Å². The molecule has 0 fully saturated rings. The monoisotopic (exact) mass is 445 g/mol. The molecule has 3 aromatic carbocycles. The van der Waals surface area contributed by atoms with E-state index in [9.17, 15) is 0 Å². The van der Waals surface area contributed by atoms with Crippen molar-refractivity contribution < 1.29 is 18.9 Å². The summed E-state index contributed by atoms with van der Waals surface area (Å²) in [6, 6.07) is 16.9. The van der Waals surface area contributed by atoms with Gasteiger partial charge in [-0.05, 0) is 30.3 Å². The van der Waals surface area contributed by atoms with E-state index in [-0.39, 0.29) is 6.61 Å². The van der Waals surface area contributed by atoms with E-state index in [4.69, 9.17) is 42.1 Å². The van der Waals surface area contributed by atoms with E-state index < -0.39 is 0 Å². The molecule has 1 aliphatic rings. The van der Waals surface area contributed by atoms with Crippen molar-refractivity contribution in [2.45, 2.75) is 13.2 Å². The minimum Gasteiger partial charge on any atom is -0.493 e. The predicted molar refractivity (Wildman–Crippen MR) is 119 cm³/mol. The van der Waals surface area contributed by atoms with Crippen LogP contribution in [-0.4, -0.2) is 20.3 Å². The number of benzene rings is 3. The number of para-hydroxylation sites is 1. The molecule has 4 rings (SSSR count). The molecule has 0 saturated heterocycles. The molecular weight excluding hydrogens is 425 g/mol. The quantitative estimate of drug-likeness (QED) is 0.485. The van der Waals surface area contributed by atoms with Gasteiger partial charge < -0.3 is 24.3 Å². The molecule has 0 saturated carbocycles. The van der Waals surface area contributed by atoms with E-state index >= 15 is 0 Å². The van der Waals surface area contributed by atoms with Crippen molar-refractivity contribution >= 4 is 28.9 Å². The van der Waals surface area contributed by atoms with Crippen molar-refractivity contribution in [1.29, 1.82) is 0 Å². The number of ether oxygens (including phenoxy) is 4. The minimum atomic E-state index is 0.232. The summed E-state index contributed by atoms with van der Waals surface area (Å²) in [4.78, 5) is 0. The maximum atomic E-state index is 6.28. The molecule has 30 heavy (non-hydrogen) atoms. The topological polar surface area (TPSA) is 49.0 Å². The highest BCUT2D eigenvalue weighted by atomic mass is 35.5. The lowest BCUT2D eigenvalue weighted by Gasteiger charge is -2.20. The van der Waals surface area contributed by atoms with Crippen LogP contribution in [0.1, 0.15) is 11.1 Å². The van der Waals surface area contributed by atoms with Gasteiger partial charge in [0.25, 0.3) is 0 Å². The average Bonchev–Trinajstić information content (AvgIpc) is 2.77. The van der Waals surface area contributed by atoms with E-state index in [2.05, 4.69) is 5.32 Å². The van der Waals surface area contributed by atoms with Gasteiger partial charge in [0.1, 0.15) is 19.8 Å². The van der Waals surface area contributed by atoms with E-state index in [0.29, 0.717) is 41.3 Å². The zero-order valence-electron chi connectivity index (χ0n) is 16.4. The van der Waals surface area contributed by atoms with Crippen molar-refractivity contribution in [3.05, 3.63) is 75.8 Å². The highest BCUT2D eigenvalue weighted by molar-refractivity contribution is 6.35. The summed E-state index contributed by atoms with van der Waals surface area (Å²) in [5.74, 6) is 2.77. The Kier molecular flexibility index (Phi) is 6.41. The Balaban J connectivity index is 1.52. The third-order valence-electron chi connectivity index (χ3n) is 4.73. The first-order valence-electron chi connectivity index (χ1n) is 9.51. The van der Waals surface area contributed by atoms with E-state index in [1.165, 1.54) is 0 Å². The second-order valence-electron chi connectivity index (χ2n) is 6.65. The van der Waals surface area contributed by atoms with Gasteiger partial charge in [0.05, 0.1) is 7.11 Å². The van der Waals surface area contributed by atoms with Crippen molar-refractivity contribution in [2.24, 2.45) is 0 Å². The van der Waals surface area contributed by atoms with Gasteiger partial charge in [-0.1, -0.05) is 41.4 Å². The number of hydrogen-bond donors (Lipinski definition) is 1. The number of nitrogens with one attached hydrogen (secondary N) is 1.